The van der Waals surface area contributed by atoms with Gasteiger partial charge in [0.2, 0.25) is 0 Å². The van der Waals surface area contributed by atoms with Crippen LogP contribution in [0.5, 0.6) is 0 Å². The first-order chi connectivity index (χ1) is 25.1. The molecule has 0 aliphatic heterocycles. The highest BCUT2D eigenvalue weighted by Crippen LogP contribution is 2.44. The number of hydrogen-bond acceptors (Lipinski definition) is 5. The topological polar surface area (TPSA) is 65.0 Å². The second-order valence-corrected chi connectivity index (χ2v) is 19.0. The fourth-order valence-electron chi connectivity index (χ4n) is 7.20. The molecule has 0 unspecified atom stereocenters. The van der Waals surface area contributed by atoms with E-state index in [0.717, 1.165) is 30.3 Å². The quantitative estimate of drug-likeness (QED) is 0.0751. The number of ether oxygens (including phenoxy) is 2. The fourth-order valence-corrected chi connectivity index (χ4v) is 11.8. The second-order valence-electron chi connectivity index (χ2n) is 14.7. The van der Waals surface area contributed by atoms with Crippen LogP contribution in [-0.4, -0.2) is 51.0 Å². The lowest BCUT2D eigenvalue weighted by atomic mass is 9.83. The van der Waals surface area contributed by atoms with Gasteiger partial charge >= 0.3 is 12.1 Å². The molecule has 1 N–H and O–H groups in total. The molecule has 0 amide bonds. The second kappa shape index (κ2) is 19.2. The lowest BCUT2D eigenvalue weighted by Crippen LogP contribution is -2.66. The smallest absolute Gasteiger partial charge is 0.432 e. The number of hydrogen-bond donors (Lipinski definition) is 1. The Hall–Kier alpha value is -3.50. The first-order valence-corrected chi connectivity index (χ1v) is 20.7. The Bertz CT molecular complexity index is 1570. The minimum absolute atomic E-state index is 0.0507. The number of esters is 1. The van der Waals surface area contributed by atoms with Gasteiger partial charge in [0.1, 0.15) is 6.10 Å². The Morgan fingerprint density at radius 2 is 1.38 bits per heavy atom. The van der Waals surface area contributed by atoms with E-state index in [9.17, 15) is 9.90 Å². The van der Waals surface area contributed by atoms with Crippen LogP contribution in [-0.2, 0) is 24.3 Å². The molecule has 0 heterocycles. The number of carbonyl (C=O) groups is 1. The van der Waals surface area contributed by atoms with Gasteiger partial charge in [-0.2, -0.15) is 13.2 Å². The molecule has 0 spiro atoms. The van der Waals surface area contributed by atoms with Crippen LogP contribution in [0.3, 0.4) is 0 Å². The van der Waals surface area contributed by atoms with Crippen molar-refractivity contribution < 1.29 is 37.0 Å². The van der Waals surface area contributed by atoms with E-state index in [0.29, 0.717) is 24.8 Å². The zero-order valence-electron chi connectivity index (χ0n) is 32.7. The Morgan fingerprint density at radius 3 is 1.79 bits per heavy atom. The van der Waals surface area contributed by atoms with Crippen molar-refractivity contribution in [1.82, 2.24) is 0 Å². The van der Waals surface area contributed by atoms with Crippen LogP contribution in [0.2, 0.25) is 5.04 Å². The number of benzene rings is 3. The first kappa shape index (κ1) is 43.9. The molecule has 3 rings (SSSR count). The van der Waals surface area contributed by atoms with Crippen molar-refractivity contribution in [3.05, 3.63) is 120 Å². The van der Waals surface area contributed by atoms with Crippen molar-refractivity contribution in [2.75, 3.05) is 13.7 Å². The third kappa shape index (κ3) is 10.2. The van der Waals surface area contributed by atoms with E-state index in [1.54, 1.807) is 12.1 Å². The standard InChI is InChI=1S/C44H59F3O5Si/c1-9-13-23-34(10-2)32-42(49,12-4)33-35(11-3)39(52-40(48)43(50-8,44(45,46)47)36-24-17-14-18-25-36)30-31-51-53(41(5,6)7,37-26-19-15-20-27-37)38-28-21-16-22-29-38/h13-29,33-34,39,49H,9-12,30-32H2,1-8H3/b23-13+,35-33-/t34-,39-,42+,43-/m0/s1. The van der Waals surface area contributed by atoms with E-state index in [1.165, 1.54) is 24.3 Å². The van der Waals surface area contributed by atoms with Crippen molar-refractivity contribution in [3.8, 4) is 0 Å². The maximum Gasteiger partial charge on any atom is 0.432 e. The van der Waals surface area contributed by atoms with Crippen molar-refractivity contribution in [2.24, 2.45) is 5.92 Å². The third-order valence-electron chi connectivity index (χ3n) is 10.2. The number of halogens is 3. The van der Waals surface area contributed by atoms with E-state index >= 15 is 13.2 Å². The normalized spacial score (nSPS) is 16.5. The number of alkyl halides is 3. The Balaban J connectivity index is 2.17. The molecule has 0 fully saturated rings. The molecule has 0 saturated heterocycles. The van der Waals surface area contributed by atoms with Gasteiger partial charge in [-0.05, 0) is 59.0 Å². The van der Waals surface area contributed by atoms with Gasteiger partial charge in [0.15, 0.2) is 0 Å². The number of methoxy groups -OCH3 is 1. The molecule has 53 heavy (non-hydrogen) atoms. The summed E-state index contributed by atoms with van der Waals surface area (Å²) >= 11 is 0. The monoisotopic (exact) mass is 752 g/mol. The van der Waals surface area contributed by atoms with Crippen LogP contribution >= 0.6 is 0 Å². The number of carbonyl (C=O) groups excluding carboxylic acids is 1. The summed E-state index contributed by atoms with van der Waals surface area (Å²) in [6.45, 7) is 14.3. The molecule has 0 aliphatic carbocycles. The highest BCUT2D eigenvalue weighted by atomic mass is 28.4. The van der Waals surface area contributed by atoms with Crippen molar-refractivity contribution in [2.45, 2.75) is 116 Å². The van der Waals surface area contributed by atoms with Crippen molar-refractivity contribution in [1.29, 1.82) is 0 Å². The molecule has 290 valence electrons. The highest BCUT2D eigenvalue weighted by Gasteiger charge is 2.64. The predicted molar refractivity (Wildman–Crippen MR) is 211 cm³/mol. The maximum atomic E-state index is 15.1. The van der Waals surface area contributed by atoms with Gasteiger partial charge in [0, 0.05) is 25.7 Å². The van der Waals surface area contributed by atoms with Crippen molar-refractivity contribution >= 4 is 24.7 Å². The van der Waals surface area contributed by atoms with Gasteiger partial charge in [-0.15, -0.1) is 0 Å². The number of allylic oxidation sites excluding steroid dienone is 2. The molecule has 3 aromatic rings. The van der Waals surface area contributed by atoms with Crippen LogP contribution in [0.1, 0.15) is 92.6 Å². The molecule has 0 saturated carbocycles. The van der Waals surface area contributed by atoms with Crippen LogP contribution in [0.4, 0.5) is 13.2 Å². The lowest BCUT2D eigenvalue weighted by molar-refractivity contribution is -0.277. The molecule has 5 nitrogen and oxygen atoms in total. The summed E-state index contributed by atoms with van der Waals surface area (Å²) in [6.07, 6.45) is 2.40. The van der Waals surface area contributed by atoms with Crippen LogP contribution in [0.25, 0.3) is 0 Å². The molecule has 0 radical (unpaired) electrons. The third-order valence-corrected chi connectivity index (χ3v) is 15.3. The minimum atomic E-state index is -5.14. The van der Waals surface area contributed by atoms with Crippen molar-refractivity contribution in [3.63, 3.8) is 0 Å². The summed E-state index contributed by atoms with van der Waals surface area (Å²) in [5, 5.41) is 13.7. The summed E-state index contributed by atoms with van der Waals surface area (Å²) in [7, 11) is -2.18. The van der Waals surface area contributed by atoms with E-state index in [1.807, 2.05) is 50.2 Å². The van der Waals surface area contributed by atoms with E-state index in [4.69, 9.17) is 13.9 Å². The summed E-state index contributed by atoms with van der Waals surface area (Å²) < 4.78 is 63.4. The molecule has 9 heteroatoms. The Kier molecular flexibility index (Phi) is 15.9. The molecule has 4 atom stereocenters. The Morgan fingerprint density at radius 1 is 0.849 bits per heavy atom. The molecule has 3 aromatic carbocycles. The first-order valence-electron chi connectivity index (χ1n) is 18.8. The highest BCUT2D eigenvalue weighted by molar-refractivity contribution is 6.99. The van der Waals surface area contributed by atoms with Crippen LogP contribution in [0, 0.1) is 5.92 Å². The van der Waals surface area contributed by atoms with E-state index < -0.39 is 37.8 Å². The summed E-state index contributed by atoms with van der Waals surface area (Å²) in [6, 6.07) is 26.9. The molecule has 0 aromatic heterocycles. The average Bonchev–Trinajstić information content (AvgIpc) is 3.14. The zero-order chi connectivity index (χ0) is 39.3. The van der Waals surface area contributed by atoms with E-state index in [2.05, 4.69) is 71.0 Å². The summed E-state index contributed by atoms with van der Waals surface area (Å²) in [4.78, 5) is 14.1. The molecular formula is C44H59F3O5Si. The number of rotatable bonds is 19. The molecule has 0 aliphatic rings. The average molecular weight is 753 g/mol. The number of aliphatic hydroxyl groups is 1. The van der Waals surface area contributed by atoms with E-state index in [-0.39, 0.29) is 29.5 Å². The lowest BCUT2D eigenvalue weighted by Gasteiger charge is -2.43. The zero-order valence-corrected chi connectivity index (χ0v) is 33.7. The van der Waals surface area contributed by atoms with Crippen LogP contribution < -0.4 is 10.4 Å². The SMILES string of the molecule is CC/C=C/[C@H](CC)C[C@@](O)(/C=C(/CC)[C@H](CCO[Si](c1ccccc1)(c1ccccc1)C(C)(C)C)OC(=O)[C@@](OC)(c1ccccc1)C(F)(F)F)CC. The maximum absolute atomic E-state index is 15.1. The van der Waals surface area contributed by atoms with Gasteiger partial charge in [-0.1, -0.05) is 158 Å². The molecular weight excluding hydrogens is 694 g/mol. The summed E-state index contributed by atoms with van der Waals surface area (Å²) in [5.74, 6) is -1.50. The predicted octanol–water partition coefficient (Wildman–Crippen LogP) is 9.83. The Labute approximate surface area is 316 Å². The summed E-state index contributed by atoms with van der Waals surface area (Å²) in [5.41, 5.74) is -4.54. The molecule has 0 bridgehead atoms. The van der Waals surface area contributed by atoms with Gasteiger partial charge in [-0.3, -0.25) is 0 Å². The largest absolute Gasteiger partial charge is 0.455 e. The minimum Gasteiger partial charge on any atom is -0.455 e. The van der Waals surface area contributed by atoms with Crippen LogP contribution in [0.15, 0.2) is 115 Å². The van der Waals surface area contributed by atoms with Gasteiger partial charge < -0.3 is 19.0 Å². The van der Waals surface area contributed by atoms with Gasteiger partial charge in [0.25, 0.3) is 13.9 Å². The van der Waals surface area contributed by atoms with Gasteiger partial charge in [0.05, 0.1) is 5.60 Å². The van der Waals surface area contributed by atoms with Gasteiger partial charge in [-0.25, -0.2) is 4.79 Å². The fraction of sp³-hybridized carbons (Fsp3) is 0.477.